The highest BCUT2D eigenvalue weighted by Crippen LogP contribution is 2.31. The van der Waals surface area contributed by atoms with Gasteiger partial charge in [-0.1, -0.05) is 0 Å². The second-order valence-corrected chi connectivity index (χ2v) is 8.67. The van der Waals surface area contributed by atoms with E-state index in [1.165, 1.54) is 6.92 Å². The number of aliphatic hydroxyl groups excluding tert-OH is 1. The number of carboxylic acid groups (broad SMARTS) is 1. The highest BCUT2D eigenvalue weighted by Gasteiger charge is 2.25. The molecule has 4 N–H and O–H groups in total. The molecule has 9 nitrogen and oxygen atoms in total. The molecule has 1 saturated heterocycles. The van der Waals surface area contributed by atoms with Gasteiger partial charge in [0.1, 0.15) is 17.4 Å². The van der Waals surface area contributed by atoms with Gasteiger partial charge >= 0.3 is 12.0 Å². The number of carbonyl (C=O) groups is 2. The molecular weight excluding hydrogens is 477 g/mol. The zero-order valence-corrected chi connectivity index (χ0v) is 19.2. The smallest absolute Gasteiger partial charge is 0.344 e. The minimum Gasteiger partial charge on any atom is -0.477 e. The number of carboxylic acids is 1. The molecule has 1 aliphatic heterocycles. The molecule has 1 unspecified atom stereocenters. The predicted octanol–water partition coefficient (Wildman–Crippen LogP) is 3.11. The van der Waals surface area contributed by atoms with E-state index in [4.69, 9.17) is 4.74 Å². The number of amides is 2. The van der Waals surface area contributed by atoms with Crippen molar-refractivity contribution in [1.29, 1.82) is 0 Å². The number of nitrogens with zero attached hydrogens (tertiary/aromatic N) is 2. The van der Waals surface area contributed by atoms with E-state index in [9.17, 15) is 33.0 Å². The average Bonchev–Trinajstić information content (AvgIpc) is 3.37. The van der Waals surface area contributed by atoms with Crippen molar-refractivity contribution in [2.75, 3.05) is 31.5 Å². The molecule has 2 heterocycles. The first-order chi connectivity index (χ1) is 16.2. The third kappa shape index (κ3) is 6.36. The van der Waals surface area contributed by atoms with Crippen molar-refractivity contribution < 1.29 is 37.7 Å². The number of aryl methyl sites for hydroxylation is 1. The van der Waals surface area contributed by atoms with E-state index in [2.05, 4.69) is 19.9 Å². The minimum absolute atomic E-state index is 0.123. The van der Waals surface area contributed by atoms with E-state index in [0.29, 0.717) is 31.0 Å². The molecule has 1 aliphatic rings. The molecule has 0 bridgehead atoms. The second-order valence-electron chi connectivity index (χ2n) is 7.90. The van der Waals surface area contributed by atoms with E-state index in [1.807, 2.05) is 0 Å². The molecule has 1 fully saturated rings. The number of urea groups is 1. The molecule has 0 spiro atoms. The molecule has 13 heteroatoms. The number of ether oxygens (including phenoxy) is 1. The van der Waals surface area contributed by atoms with Crippen molar-refractivity contribution in [3.63, 3.8) is 0 Å². The predicted molar refractivity (Wildman–Crippen MR) is 118 cm³/mol. The van der Waals surface area contributed by atoms with Crippen molar-refractivity contribution in [2.45, 2.75) is 38.9 Å². The first-order valence-electron chi connectivity index (χ1n) is 10.6. The summed E-state index contributed by atoms with van der Waals surface area (Å²) in [5.74, 6) is -5.62. The van der Waals surface area contributed by atoms with E-state index >= 15 is 0 Å². The maximum Gasteiger partial charge on any atom is 0.344 e. The molecule has 0 radical (unpaired) electrons. The summed E-state index contributed by atoms with van der Waals surface area (Å²) in [6, 6.07) is 0.161. The molecule has 1 aromatic heterocycles. The van der Waals surface area contributed by atoms with Crippen LogP contribution in [0, 0.1) is 24.4 Å². The van der Waals surface area contributed by atoms with Gasteiger partial charge in [-0.15, -0.1) is 0 Å². The zero-order valence-electron chi connectivity index (χ0n) is 18.4. The summed E-state index contributed by atoms with van der Waals surface area (Å²) in [6.45, 7) is 3.08. The van der Waals surface area contributed by atoms with Gasteiger partial charge in [0, 0.05) is 19.6 Å². The van der Waals surface area contributed by atoms with E-state index in [-0.39, 0.29) is 16.7 Å². The van der Waals surface area contributed by atoms with Gasteiger partial charge < -0.3 is 25.2 Å². The van der Waals surface area contributed by atoms with Crippen LogP contribution in [-0.4, -0.2) is 63.8 Å². The van der Waals surface area contributed by atoms with Gasteiger partial charge in [0.05, 0.1) is 11.7 Å². The van der Waals surface area contributed by atoms with Crippen LogP contribution in [0.2, 0.25) is 0 Å². The first kappa shape index (κ1) is 25.7. The number of benzene rings is 1. The lowest BCUT2D eigenvalue weighted by atomic mass is 10.1. The number of anilines is 1. The van der Waals surface area contributed by atoms with E-state index in [0.717, 1.165) is 32.0 Å². The Bertz CT molecular complexity index is 1050. The van der Waals surface area contributed by atoms with Crippen LogP contribution in [0.1, 0.15) is 40.7 Å². The Morgan fingerprint density at radius 1 is 1.29 bits per heavy atom. The third-order valence-electron chi connectivity index (χ3n) is 5.32. The van der Waals surface area contributed by atoms with Crippen LogP contribution in [0.5, 0.6) is 5.88 Å². The molecule has 2 amide bonds. The average molecular weight is 503 g/mol. The number of likely N-dealkylation sites (tertiary alicyclic amines) is 1. The Morgan fingerprint density at radius 3 is 2.74 bits per heavy atom. The molecule has 1 aromatic carbocycles. The van der Waals surface area contributed by atoms with Gasteiger partial charge in [0.15, 0.2) is 17.2 Å². The number of unbranched alkanes of at least 4 members (excludes halogenated alkanes) is 1. The van der Waals surface area contributed by atoms with Crippen molar-refractivity contribution in [1.82, 2.24) is 14.6 Å². The van der Waals surface area contributed by atoms with Crippen LogP contribution < -0.4 is 15.4 Å². The molecule has 2 aromatic rings. The normalized spacial score (nSPS) is 16.0. The van der Waals surface area contributed by atoms with Crippen LogP contribution in [0.3, 0.4) is 0 Å². The minimum atomic E-state index is -1.47. The zero-order chi connectivity index (χ0) is 24.8. The number of aromatic nitrogens is 1. The van der Waals surface area contributed by atoms with E-state index < -0.39 is 53.1 Å². The maximum absolute atomic E-state index is 14.0. The SMILES string of the molecule is Cc1cc(F)c(COc2nsc(NC(=O)NCCCCN3CCC(O)C3)c2C(=O)O)c(F)c1F. The fraction of sp³-hybridized carbons (Fsp3) is 0.476. The third-order valence-corrected chi connectivity index (χ3v) is 6.07. The molecule has 1 atom stereocenters. The number of aliphatic hydroxyl groups is 1. The molecule has 3 rings (SSSR count). The Balaban J connectivity index is 1.53. The quantitative estimate of drug-likeness (QED) is 0.291. The van der Waals surface area contributed by atoms with Crippen molar-refractivity contribution in [3.8, 4) is 5.88 Å². The number of rotatable bonds is 10. The number of nitrogens with one attached hydrogen (secondary N) is 2. The molecule has 34 heavy (non-hydrogen) atoms. The second kappa shape index (κ2) is 11.5. The van der Waals surface area contributed by atoms with Gasteiger partial charge in [-0.25, -0.2) is 22.8 Å². The van der Waals surface area contributed by atoms with Crippen LogP contribution >= 0.6 is 11.5 Å². The fourth-order valence-corrected chi connectivity index (χ4v) is 4.22. The largest absolute Gasteiger partial charge is 0.477 e. The van der Waals surface area contributed by atoms with Gasteiger partial charge in [-0.2, -0.15) is 4.37 Å². The van der Waals surface area contributed by atoms with Crippen LogP contribution in [0.15, 0.2) is 6.07 Å². The maximum atomic E-state index is 14.0. The van der Waals surface area contributed by atoms with E-state index in [1.54, 1.807) is 0 Å². The number of halogens is 3. The molecule has 0 aliphatic carbocycles. The Morgan fingerprint density at radius 2 is 2.06 bits per heavy atom. The number of carbonyl (C=O) groups excluding carboxylic acids is 1. The standard InChI is InChI=1S/C21H25F3N4O5S/c1-11-8-14(22)13(17(24)16(11)23)10-33-18-15(20(30)31)19(34-27-18)26-21(32)25-5-2-3-6-28-7-4-12(29)9-28/h8,12,29H,2-7,9-10H2,1H3,(H,30,31)(H2,25,26,32). The summed E-state index contributed by atoms with van der Waals surface area (Å²) >= 11 is 0.623. The summed E-state index contributed by atoms with van der Waals surface area (Å²) < 4.78 is 50.7. The Hall–Kier alpha value is -2.90. The van der Waals surface area contributed by atoms with Gasteiger partial charge in [-0.3, -0.25) is 5.32 Å². The summed E-state index contributed by atoms with van der Waals surface area (Å²) in [5, 5.41) is 23.9. The topological polar surface area (TPSA) is 124 Å². The van der Waals surface area contributed by atoms with Crippen LogP contribution in [0.4, 0.5) is 23.0 Å². The number of hydrogen-bond donors (Lipinski definition) is 4. The summed E-state index contributed by atoms with van der Waals surface area (Å²) in [4.78, 5) is 25.9. The highest BCUT2D eigenvalue weighted by molar-refractivity contribution is 7.11. The van der Waals surface area contributed by atoms with Crippen molar-refractivity contribution in [2.24, 2.45) is 0 Å². The number of β-amino-alcohol motifs (C(OH)–C–C–N with tert-alkyl or cyclic N) is 1. The fourth-order valence-electron chi connectivity index (χ4n) is 3.50. The van der Waals surface area contributed by atoms with Crippen molar-refractivity contribution in [3.05, 3.63) is 40.2 Å². The van der Waals surface area contributed by atoms with Crippen LogP contribution in [0.25, 0.3) is 0 Å². The lowest BCUT2D eigenvalue weighted by Gasteiger charge is -2.14. The van der Waals surface area contributed by atoms with Gasteiger partial charge in [0.2, 0.25) is 5.88 Å². The first-order valence-corrected chi connectivity index (χ1v) is 11.4. The van der Waals surface area contributed by atoms with Crippen LogP contribution in [-0.2, 0) is 6.61 Å². The molecule has 0 saturated carbocycles. The Labute approximate surface area is 197 Å². The van der Waals surface area contributed by atoms with Gasteiger partial charge in [0.25, 0.3) is 0 Å². The molecular formula is C21H25F3N4O5S. The molecule has 186 valence electrons. The Kier molecular flexibility index (Phi) is 8.69. The summed E-state index contributed by atoms with van der Waals surface area (Å²) in [7, 11) is 0. The number of aromatic carboxylic acids is 1. The van der Waals surface area contributed by atoms with Gasteiger partial charge in [-0.05, 0) is 55.9 Å². The lowest BCUT2D eigenvalue weighted by Crippen LogP contribution is -2.30. The summed E-state index contributed by atoms with van der Waals surface area (Å²) in [5.41, 5.74) is -1.41. The number of hydrogen-bond acceptors (Lipinski definition) is 7. The van der Waals surface area contributed by atoms with Crippen molar-refractivity contribution >= 4 is 28.5 Å². The highest BCUT2D eigenvalue weighted by atomic mass is 32.1. The summed E-state index contributed by atoms with van der Waals surface area (Å²) in [6.07, 6.45) is 1.99. The lowest BCUT2D eigenvalue weighted by molar-refractivity contribution is 0.0693. The monoisotopic (exact) mass is 502 g/mol.